The molecule has 0 saturated carbocycles. The van der Waals surface area contributed by atoms with Crippen molar-refractivity contribution in [3.8, 4) is 0 Å². The lowest BCUT2D eigenvalue weighted by Crippen LogP contribution is -2.29. The van der Waals surface area contributed by atoms with Crippen molar-refractivity contribution in [2.45, 2.75) is 26.3 Å². The number of hydrogen-bond donors (Lipinski definition) is 2. The van der Waals surface area contributed by atoms with Gasteiger partial charge in [-0.1, -0.05) is 24.6 Å². The fourth-order valence-corrected chi connectivity index (χ4v) is 1.95. The summed E-state index contributed by atoms with van der Waals surface area (Å²) in [4.78, 5) is 0. The first kappa shape index (κ1) is 12.8. The van der Waals surface area contributed by atoms with E-state index in [1.807, 2.05) is 26.0 Å². The van der Waals surface area contributed by atoms with Gasteiger partial charge in [0.1, 0.15) is 23.4 Å². The highest BCUT2D eigenvalue weighted by Gasteiger charge is 2.19. The predicted octanol–water partition coefficient (Wildman–Crippen LogP) is 2.84. The van der Waals surface area contributed by atoms with Crippen LogP contribution < -0.4 is 11.3 Å². The van der Waals surface area contributed by atoms with Crippen LogP contribution >= 0.6 is 0 Å². The number of nitrogens with one attached hydrogen (secondary N) is 1. The maximum absolute atomic E-state index is 13.8. The third kappa shape index (κ3) is 2.44. The molecule has 1 atom stereocenters. The number of benzene rings is 1. The van der Waals surface area contributed by atoms with E-state index in [1.54, 1.807) is 12.1 Å². The minimum atomic E-state index is -0.467. The summed E-state index contributed by atoms with van der Waals surface area (Å²) in [6.45, 7) is 3.91. The first-order chi connectivity index (χ1) is 8.65. The van der Waals surface area contributed by atoms with Crippen LogP contribution in [0.5, 0.6) is 0 Å². The summed E-state index contributed by atoms with van der Waals surface area (Å²) in [5.41, 5.74) is 4.08. The minimum Gasteiger partial charge on any atom is -0.464 e. The third-order valence-electron chi connectivity index (χ3n) is 2.94. The second-order valence-electron chi connectivity index (χ2n) is 4.28. The smallest absolute Gasteiger partial charge is 0.128 e. The molecule has 0 aliphatic carbocycles. The Morgan fingerprint density at radius 3 is 2.72 bits per heavy atom. The second kappa shape index (κ2) is 5.33. The molecule has 2 rings (SSSR count). The SMILES string of the molecule is CCc1ccc(C(NN)c2cc(C)ccc2F)o1. The monoisotopic (exact) mass is 248 g/mol. The molecule has 96 valence electrons. The molecule has 0 radical (unpaired) electrons. The Bertz CT molecular complexity index is 536. The Labute approximate surface area is 106 Å². The van der Waals surface area contributed by atoms with Gasteiger partial charge in [-0.15, -0.1) is 0 Å². The van der Waals surface area contributed by atoms with E-state index in [0.717, 1.165) is 17.7 Å². The molecule has 0 saturated heterocycles. The zero-order chi connectivity index (χ0) is 13.1. The molecule has 2 aromatic rings. The highest BCUT2D eigenvalue weighted by atomic mass is 19.1. The van der Waals surface area contributed by atoms with E-state index in [0.29, 0.717) is 11.3 Å². The quantitative estimate of drug-likeness (QED) is 0.646. The van der Waals surface area contributed by atoms with Crippen molar-refractivity contribution < 1.29 is 8.81 Å². The lowest BCUT2D eigenvalue weighted by atomic mass is 10.0. The van der Waals surface area contributed by atoms with Crippen LogP contribution in [0.25, 0.3) is 0 Å². The van der Waals surface area contributed by atoms with Crippen LogP contribution in [0.15, 0.2) is 34.7 Å². The number of aryl methyl sites for hydroxylation is 2. The minimum absolute atomic E-state index is 0.294. The van der Waals surface area contributed by atoms with Crippen molar-refractivity contribution >= 4 is 0 Å². The second-order valence-corrected chi connectivity index (χ2v) is 4.28. The summed E-state index contributed by atoms with van der Waals surface area (Å²) < 4.78 is 19.5. The van der Waals surface area contributed by atoms with Gasteiger partial charge in [0, 0.05) is 12.0 Å². The van der Waals surface area contributed by atoms with Gasteiger partial charge in [-0.05, 0) is 25.1 Å². The van der Waals surface area contributed by atoms with Crippen molar-refractivity contribution in [1.82, 2.24) is 5.43 Å². The molecule has 3 nitrogen and oxygen atoms in total. The number of hydrazine groups is 1. The molecule has 1 heterocycles. The Kier molecular flexibility index (Phi) is 3.79. The van der Waals surface area contributed by atoms with Gasteiger partial charge in [0.2, 0.25) is 0 Å². The standard InChI is InChI=1S/C14H17FN2O/c1-3-10-5-7-13(18-10)14(17-16)11-8-9(2)4-6-12(11)15/h4-8,14,17H,3,16H2,1-2H3. The van der Waals surface area contributed by atoms with Gasteiger partial charge in [0.05, 0.1) is 0 Å². The van der Waals surface area contributed by atoms with Crippen LogP contribution in [0.2, 0.25) is 0 Å². The third-order valence-corrected chi connectivity index (χ3v) is 2.94. The highest BCUT2D eigenvalue weighted by Crippen LogP contribution is 2.26. The molecule has 0 aliphatic rings. The van der Waals surface area contributed by atoms with Crippen molar-refractivity contribution in [1.29, 1.82) is 0 Å². The van der Waals surface area contributed by atoms with E-state index < -0.39 is 6.04 Å². The maximum atomic E-state index is 13.8. The molecule has 4 heteroatoms. The highest BCUT2D eigenvalue weighted by molar-refractivity contribution is 5.32. The lowest BCUT2D eigenvalue weighted by molar-refractivity contribution is 0.418. The van der Waals surface area contributed by atoms with Gasteiger partial charge in [0.25, 0.3) is 0 Å². The van der Waals surface area contributed by atoms with E-state index in [2.05, 4.69) is 5.43 Å². The van der Waals surface area contributed by atoms with Crippen LogP contribution in [-0.4, -0.2) is 0 Å². The maximum Gasteiger partial charge on any atom is 0.128 e. The van der Waals surface area contributed by atoms with Gasteiger partial charge in [-0.2, -0.15) is 0 Å². The van der Waals surface area contributed by atoms with Crippen LogP contribution in [0.4, 0.5) is 4.39 Å². The van der Waals surface area contributed by atoms with Crippen LogP contribution in [0.1, 0.15) is 35.6 Å². The van der Waals surface area contributed by atoms with E-state index in [9.17, 15) is 4.39 Å². The first-order valence-corrected chi connectivity index (χ1v) is 5.96. The first-order valence-electron chi connectivity index (χ1n) is 5.96. The average molecular weight is 248 g/mol. The Balaban J connectivity index is 2.41. The Hall–Kier alpha value is -1.65. The largest absolute Gasteiger partial charge is 0.464 e. The normalized spacial score (nSPS) is 12.7. The number of hydrogen-bond acceptors (Lipinski definition) is 3. The summed E-state index contributed by atoms with van der Waals surface area (Å²) >= 11 is 0. The molecule has 3 N–H and O–H groups in total. The molecule has 1 aromatic heterocycles. The van der Waals surface area contributed by atoms with E-state index in [4.69, 9.17) is 10.3 Å². The molecule has 0 spiro atoms. The van der Waals surface area contributed by atoms with Gasteiger partial charge in [-0.25, -0.2) is 9.82 Å². The molecule has 0 fully saturated rings. The summed E-state index contributed by atoms with van der Waals surface area (Å²) in [5.74, 6) is 6.72. The molecule has 0 aliphatic heterocycles. The van der Waals surface area contributed by atoms with Crippen LogP contribution in [0.3, 0.4) is 0 Å². The zero-order valence-corrected chi connectivity index (χ0v) is 10.5. The molecule has 0 bridgehead atoms. The van der Waals surface area contributed by atoms with Crippen LogP contribution in [0, 0.1) is 12.7 Å². The van der Waals surface area contributed by atoms with Crippen LogP contribution in [-0.2, 0) is 6.42 Å². The van der Waals surface area contributed by atoms with Crippen molar-refractivity contribution in [3.05, 3.63) is 58.8 Å². The van der Waals surface area contributed by atoms with Gasteiger partial charge >= 0.3 is 0 Å². The molecule has 0 amide bonds. The number of nitrogens with two attached hydrogens (primary N) is 1. The fraction of sp³-hybridized carbons (Fsp3) is 0.286. The molecule has 1 unspecified atom stereocenters. The molecular weight excluding hydrogens is 231 g/mol. The Morgan fingerprint density at radius 2 is 2.11 bits per heavy atom. The lowest BCUT2D eigenvalue weighted by Gasteiger charge is -2.15. The number of rotatable bonds is 4. The summed E-state index contributed by atoms with van der Waals surface area (Å²) in [6, 6.07) is 8.18. The number of halogens is 1. The average Bonchev–Trinajstić information content (AvgIpc) is 2.83. The van der Waals surface area contributed by atoms with Crippen molar-refractivity contribution in [3.63, 3.8) is 0 Å². The van der Waals surface area contributed by atoms with E-state index in [1.165, 1.54) is 6.07 Å². The van der Waals surface area contributed by atoms with E-state index >= 15 is 0 Å². The van der Waals surface area contributed by atoms with Crippen molar-refractivity contribution in [2.24, 2.45) is 5.84 Å². The fourth-order valence-electron chi connectivity index (χ4n) is 1.95. The van der Waals surface area contributed by atoms with Crippen molar-refractivity contribution in [2.75, 3.05) is 0 Å². The zero-order valence-electron chi connectivity index (χ0n) is 10.5. The molecular formula is C14H17FN2O. The predicted molar refractivity (Wildman–Crippen MR) is 68.4 cm³/mol. The van der Waals surface area contributed by atoms with E-state index in [-0.39, 0.29) is 5.82 Å². The summed E-state index contributed by atoms with van der Waals surface area (Å²) in [7, 11) is 0. The van der Waals surface area contributed by atoms with Gasteiger partial charge < -0.3 is 4.42 Å². The topological polar surface area (TPSA) is 51.2 Å². The summed E-state index contributed by atoms with van der Waals surface area (Å²) in [6.07, 6.45) is 0.799. The van der Waals surface area contributed by atoms with Gasteiger partial charge in [0.15, 0.2) is 0 Å². The Morgan fingerprint density at radius 1 is 1.33 bits per heavy atom. The molecule has 1 aromatic carbocycles. The van der Waals surface area contributed by atoms with Gasteiger partial charge in [-0.3, -0.25) is 5.84 Å². The summed E-state index contributed by atoms with van der Waals surface area (Å²) in [5, 5.41) is 0. The molecule has 18 heavy (non-hydrogen) atoms. The number of furan rings is 1.